The molecule has 0 bridgehead atoms. The van der Waals surface area contributed by atoms with Crippen molar-refractivity contribution in [3.8, 4) is 45.0 Å². The van der Waals surface area contributed by atoms with Gasteiger partial charge in [0.1, 0.15) is 17.0 Å². The number of rotatable bonds is 5. The summed E-state index contributed by atoms with van der Waals surface area (Å²) in [7, 11) is 0. The Kier molecular flexibility index (Phi) is 6.52. The molecular formula is C49H31N3O. The molecule has 0 spiro atoms. The average molecular weight is 678 g/mol. The van der Waals surface area contributed by atoms with Gasteiger partial charge in [-0.25, -0.2) is 4.98 Å². The molecule has 248 valence electrons. The van der Waals surface area contributed by atoms with Crippen LogP contribution in [-0.4, -0.2) is 14.1 Å². The largest absolute Gasteiger partial charge is 0.455 e. The fourth-order valence-corrected chi connectivity index (χ4v) is 8.05. The quantitative estimate of drug-likeness (QED) is 0.182. The van der Waals surface area contributed by atoms with Gasteiger partial charge in [-0.2, -0.15) is 0 Å². The monoisotopic (exact) mass is 677 g/mol. The molecule has 0 unspecified atom stereocenters. The van der Waals surface area contributed by atoms with E-state index in [1.165, 1.54) is 22.3 Å². The SMILES string of the molecule is c1ccc(-c2ccc3oc4c(ccc5c4c4cc(-c6ccccc6)ccc4n5-c4ccc(-c5nc6ccccc6n5-c5ccccc5)cc4)c3c2)cc1. The van der Waals surface area contributed by atoms with Gasteiger partial charge in [-0.05, 0) is 107 Å². The molecule has 0 aliphatic rings. The molecule has 4 heteroatoms. The number of furan rings is 1. The molecule has 0 saturated heterocycles. The number of hydrogen-bond acceptors (Lipinski definition) is 2. The molecule has 11 aromatic rings. The number of fused-ring (bicyclic) bond motifs is 8. The van der Waals surface area contributed by atoms with E-state index in [1.54, 1.807) is 0 Å². The van der Waals surface area contributed by atoms with Gasteiger partial charge < -0.3 is 8.98 Å². The first-order valence-corrected chi connectivity index (χ1v) is 18.0. The van der Waals surface area contributed by atoms with Gasteiger partial charge in [0.05, 0.1) is 27.5 Å². The van der Waals surface area contributed by atoms with E-state index < -0.39 is 0 Å². The summed E-state index contributed by atoms with van der Waals surface area (Å²) >= 11 is 0. The summed E-state index contributed by atoms with van der Waals surface area (Å²) in [5.41, 5.74) is 14.0. The van der Waals surface area contributed by atoms with E-state index in [2.05, 4.69) is 185 Å². The molecule has 0 N–H and O–H groups in total. The Morgan fingerprint density at radius 2 is 0.962 bits per heavy atom. The van der Waals surface area contributed by atoms with Crippen molar-refractivity contribution in [1.29, 1.82) is 0 Å². The van der Waals surface area contributed by atoms with Crippen LogP contribution < -0.4 is 0 Å². The molecule has 4 nitrogen and oxygen atoms in total. The smallest absolute Gasteiger partial charge is 0.145 e. The summed E-state index contributed by atoms with van der Waals surface area (Å²) in [5.74, 6) is 0.914. The van der Waals surface area contributed by atoms with Gasteiger partial charge in [-0.3, -0.25) is 4.57 Å². The fourth-order valence-electron chi connectivity index (χ4n) is 8.05. The zero-order chi connectivity index (χ0) is 34.9. The average Bonchev–Trinajstić information content (AvgIpc) is 3.91. The first kappa shape index (κ1) is 29.5. The van der Waals surface area contributed by atoms with Gasteiger partial charge >= 0.3 is 0 Å². The van der Waals surface area contributed by atoms with Gasteiger partial charge in [0.15, 0.2) is 0 Å². The predicted molar refractivity (Wildman–Crippen MR) is 219 cm³/mol. The molecule has 3 aromatic heterocycles. The summed E-state index contributed by atoms with van der Waals surface area (Å²) in [6, 6.07) is 66.5. The predicted octanol–water partition coefficient (Wildman–Crippen LogP) is 13.0. The fraction of sp³-hybridized carbons (Fsp3) is 0. The number of imidazole rings is 1. The van der Waals surface area contributed by atoms with Gasteiger partial charge in [0, 0.05) is 33.1 Å². The van der Waals surface area contributed by atoms with Crippen molar-refractivity contribution >= 4 is 54.8 Å². The lowest BCUT2D eigenvalue weighted by Gasteiger charge is -2.12. The van der Waals surface area contributed by atoms with Crippen LogP contribution >= 0.6 is 0 Å². The highest BCUT2D eigenvalue weighted by Gasteiger charge is 2.21. The molecular weight excluding hydrogens is 647 g/mol. The Hall–Kier alpha value is -7.17. The summed E-state index contributed by atoms with van der Waals surface area (Å²) in [5, 5.41) is 4.51. The van der Waals surface area contributed by atoms with Crippen LogP contribution in [0.1, 0.15) is 0 Å². The molecule has 53 heavy (non-hydrogen) atoms. The minimum Gasteiger partial charge on any atom is -0.455 e. The standard InChI is InChI=1S/C49H31N3O/c1-4-12-32(13-5-1)35-22-27-43-41(31-35)47-45(28-26-39-40-30-36(33-14-6-2-7-15-33)23-29-46(40)53-48(39)47)51(43)38-24-20-34(21-25-38)49-50-42-18-10-11-19-44(42)52(49)37-16-8-3-9-17-37/h1-31H. The first-order valence-electron chi connectivity index (χ1n) is 18.0. The third-order valence-electron chi connectivity index (χ3n) is 10.5. The minimum absolute atomic E-state index is 0.887. The lowest BCUT2D eigenvalue weighted by molar-refractivity contribution is 0.673. The second kappa shape index (κ2) is 11.7. The highest BCUT2D eigenvalue weighted by Crippen LogP contribution is 2.43. The van der Waals surface area contributed by atoms with Crippen LogP contribution in [-0.2, 0) is 0 Å². The van der Waals surface area contributed by atoms with Gasteiger partial charge in [0.25, 0.3) is 0 Å². The van der Waals surface area contributed by atoms with Crippen molar-refractivity contribution in [3.63, 3.8) is 0 Å². The maximum absolute atomic E-state index is 6.80. The van der Waals surface area contributed by atoms with Gasteiger partial charge in [-0.1, -0.05) is 103 Å². The third-order valence-corrected chi connectivity index (χ3v) is 10.5. The molecule has 0 saturated carbocycles. The first-order chi connectivity index (χ1) is 26.3. The highest BCUT2D eigenvalue weighted by molar-refractivity contribution is 6.24. The Morgan fingerprint density at radius 1 is 0.377 bits per heavy atom. The molecule has 3 heterocycles. The van der Waals surface area contributed by atoms with Crippen LogP contribution in [0.25, 0.3) is 99.8 Å². The second-order valence-corrected chi connectivity index (χ2v) is 13.6. The van der Waals surface area contributed by atoms with Crippen molar-refractivity contribution in [3.05, 3.63) is 188 Å². The number of nitrogens with zero attached hydrogens (tertiary/aromatic N) is 3. The zero-order valence-corrected chi connectivity index (χ0v) is 28.6. The maximum atomic E-state index is 6.80. The summed E-state index contributed by atoms with van der Waals surface area (Å²) in [6.07, 6.45) is 0. The summed E-state index contributed by atoms with van der Waals surface area (Å²) in [6.45, 7) is 0. The van der Waals surface area contributed by atoms with Crippen molar-refractivity contribution in [1.82, 2.24) is 14.1 Å². The van der Waals surface area contributed by atoms with E-state index in [0.717, 1.165) is 77.5 Å². The van der Waals surface area contributed by atoms with Crippen molar-refractivity contribution in [2.75, 3.05) is 0 Å². The van der Waals surface area contributed by atoms with Crippen molar-refractivity contribution in [2.45, 2.75) is 0 Å². The number of benzene rings is 8. The zero-order valence-electron chi connectivity index (χ0n) is 28.6. The van der Waals surface area contributed by atoms with Crippen LogP contribution in [0.2, 0.25) is 0 Å². The Morgan fingerprint density at radius 3 is 1.70 bits per heavy atom. The van der Waals surface area contributed by atoms with Crippen molar-refractivity contribution < 1.29 is 4.42 Å². The van der Waals surface area contributed by atoms with Crippen LogP contribution in [0, 0.1) is 0 Å². The van der Waals surface area contributed by atoms with E-state index >= 15 is 0 Å². The molecule has 0 fully saturated rings. The minimum atomic E-state index is 0.887. The van der Waals surface area contributed by atoms with E-state index in [4.69, 9.17) is 9.40 Å². The van der Waals surface area contributed by atoms with Crippen LogP contribution in [0.4, 0.5) is 0 Å². The number of hydrogen-bond donors (Lipinski definition) is 0. The van der Waals surface area contributed by atoms with E-state index in [0.29, 0.717) is 0 Å². The normalized spacial score (nSPS) is 11.8. The van der Waals surface area contributed by atoms with Gasteiger partial charge in [-0.15, -0.1) is 0 Å². The highest BCUT2D eigenvalue weighted by atomic mass is 16.3. The van der Waals surface area contributed by atoms with E-state index in [9.17, 15) is 0 Å². The lowest BCUT2D eigenvalue weighted by Crippen LogP contribution is -1.98. The van der Waals surface area contributed by atoms with E-state index in [-0.39, 0.29) is 0 Å². The maximum Gasteiger partial charge on any atom is 0.145 e. The second-order valence-electron chi connectivity index (χ2n) is 13.6. The van der Waals surface area contributed by atoms with Crippen LogP contribution in [0.3, 0.4) is 0 Å². The van der Waals surface area contributed by atoms with Crippen LogP contribution in [0.5, 0.6) is 0 Å². The Balaban J connectivity index is 1.13. The molecule has 0 atom stereocenters. The van der Waals surface area contributed by atoms with E-state index in [1.807, 2.05) is 12.1 Å². The molecule has 0 radical (unpaired) electrons. The lowest BCUT2D eigenvalue weighted by atomic mass is 10.0. The number of para-hydroxylation sites is 3. The summed E-state index contributed by atoms with van der Waals surface area (Å²) < 4.78 is 11.4. The number of aromatic nitrogens is 3. The third kappa shape index (κ3) is 4.66. The molecule has 11 rings (SSSR count). The molecule has 0 aliphatic heterocycles. The summed E-state index contributed by atoms with van der Waals surface area (Å²) in [4.78, 5) is 5.11. The Labute approximate surface area is 305 Å². The van der Waals surface area contributed by atoms with Crippen molar-refractivity contribution in [2.24, 2.45) is 0 Å². The Bertz CT molecular complexity index is 3130. The van der Waals surface area contributed by atoms with Crippen LogP contribution in [0.15, 0.2) is 192 Å². The van der Waals surface area contributed by atoms with Gasteiger partial charge in [0.2, 0.25) is 0 Å². The molecule has 8 aromatic carbocycles. The molecule has 0 amide bonds. The molecule has 0 aliphatic carbocycles. The topological polar surface area (TPSA) is 35.9 Å².